The van der Waals surface area contributed by atoms with Crippen LogP contribution in [0.5, 0.6) is 0 Å². The molecule has 314 valence electrons. The number of aliphatic imine (C=N–C) groups is 1. The zero-order chi connectivity index (χ0) is 42.4. The molecule has 0 radical (unpaired) electrons. The highest BCUT2D eigenvalue weighted by atomic mass is 16.4. The second-order valence-electron chi connectivity index (χ2n) is 14.2. The number of carboxylic acid groups (broad SMARTS) is 1. The number of carbonyl (C=O) groups excluding carboxylic acids is 6. The van der Waals surface area contributed by atoms with Crippen LogP contribution < -0.4 is 43.8 Å². The first-order valence-corrected chi connectivity index (χ1v) is 18.6. The SMILES string of the molecule is CC(C)[C@H](NC(=O)[C@H](CCCN=C(N)N)NC(=O)[C@@H](NC(=O)[C@H](CO)NC(=O)CNC(=O)[C@@H](N)Cc1c[nH]c2ccccc12)[C@@H](C)O)C(=O)N1CCC[C@H]1C(=O)O. The third-order valence-electron chi connectivity index (χ3n) is 9.40. The molecule has 21 heteroatoms. The van der Waals surface area contributed by atoms with Gasteiger partial charge in [0.2, 0.25) is 35.4 Å². The van der Waals surface area contributed by atoms with Gasteiger partial charge in [0.05, 0.1) is 25.3 Å². The highest BCUT2D eigenvalue weighted by molar-refractivity contribution is 5.97. The van der Waals surface area contributed by atoms with E-state index < -0.39 is 103 Å². The van der Waals surface area contributed by atoms with Gasteiger partial charge in [0, 0.05) is 30.2 Å². The molecule has 57 heavy (non-hydrogen) atoms. The maximum Gasteiger partial charge on any atom is 0.326 e. The first-order valence-electron chi connectivity index (χ1n) is 18.6. The molecule has 0 saturated carbocycles. The molecule has 15 N–H and O–H groups in total. The van der Waals surface area contributed by atoms with Gasteiger partial charge in [-0.1, -0.05) is 32.0 Å². The molecule has 0 bridgehead atoms. The summed E-state index contributed by atoms with van der Waals surface area (Å²) in [5.41, 5.74) is 18.5. The lowest BCUT2D eigenvalue weighted by Gasteiger charge is -2.31. The Hall–Kier alpha value is -5.80. The summed E-state index contributed by atoms with van der Waals surface area (Å²) >= 11 is 0. The number of aromatic amines is 1. The van der Waals surface area contributed by atoms with Crippen LogP contribution in [0.4, 0.5) is 0 Å². The van der Waals surface area contributed by atoms with E-state index in [-0.39, 0.29) is 44.7 Å². The number of aromatic nitrogens is 1. The van der Waals surface area contributed by atoms with Gasteiger partial charge in [-0.15, -0.1) is 0 Å². The standard InChI is InChI=1S/C36H55N11O10/c1-18(2)28(34(55)47-13-7-11-26(47)35(56)57)45-31(52)24(10-6-12-40-36(38)39)44-33(54)29(19(3)49)46-32(53)25(17-48)43-27(50)16-42-30(51)22(37)14-20-15-41-23-9-5-4-8-21(20)23/h4-5,8-9,15,18-19,22,24-26,28-29,41,48-49H,6-7,10-14,16-17,37H2,1-3H3,(H,42,51)(H,43,50)(H,44,54)(H,45,52)(H,46,53)(H,56,57)(H4,38,39,40)/t19-,22+,24+,25+,26+,28+,29+/m1/s1. The minimum atomic E-state index is -1.71. The minimum absolute atomic E-state index is 0.0630. The monoisotopic (exact) mass is 801 g/mol. The number of aliphatic hydroxyl groups excluding tert-OH is 2. The van der Waals surface area contributed by atoms with Crippen LogP contribution in [0.2, 0.25) is 0 Å². The number of nitrogens with two attached hydrogens (primary N) is 3. The Kier molecular flexibility index (Phi) is 17.2. The summed E-state index contributed by atoms with van der Waals surface area (Å²) in [7, 11) is 0. The highest BCUT2D eigenvalue weighted by Crippen LogP contribution is 2.21. The fraction of sp³-hybridized carbons (Fsp3) is 0.556. The summed E-state index contributed by atoms with van der Waals surface area (Å²) < 4.78 is 0. The Morgan fingerprint density at radius 2 is 1.60 bits per heavy atom. The van der Waals surface area contributed by atoms with Gasteiger partial charge in [0.15, 0.2) is 5.96 Å². The maximum atomic E-state index is 13.7. The largest absolute Gasteiger partial charge is 0.480 e. The zero-order valence-electron chi connectivity index (χ0n) is 32.2. The third-order valence-corrected chi connectivity index (χ3v) is 9.40. The van der Waals surface area contributed by atoms with Gasteiger partial charge >= 0.3 is 5.97 Å². The molecule has 7 atom stereocenters. The average Bonchev–Trinajstić information content (AvgIpc) is 3.82. The van der Waals surface area contributed by atoms with E-state index in [0.717, 1.165) is 16.5 Å². The first-order chi connectivity index (χ1) is 26.9. The number of nitrogens with one attached hydrogen (secondary N) is 6. The van der Waals surface area contributed by atoms with Crippen LogP contribution in [0.15, 0.2) is 35.5 Å². The average molecular weight is 802 g/mol. The number of para-hydroxylation sites is 1. The van der Waals surface area contributed by atoms with Gasteiger partial charge in [-0.25, -0.2) is 4.79 Å². The molecule has 2 heterocycles. The number of rotatable bonds is 21. The van der Waals surface area contributed by atoms with E-state index in [1.54, 1.807) is 20.0 Å². The number of carboxylic acids is 1. The fourth-order valence-corrected chi connectivity index (χ4v) is 6.29. The van der Waals surface area contributed by atoms with Crippen molar-refractivity contribution >= 4 is 58.3 Å². The second-order valence-corrected chi connectivity index (χ2v) is 14.2. The number of guanidine groups is 1. The number of aliphatic carboxylic acids is 1. The van der Waals surface area contributed by atoms with Crippen LogP contribution in [0, 0.1) is 5.92 Å². The van der Waals surface area contributed by atoms with Gasteiger partial charge in [0.25, 0.3) is 0 Å². The number of hydrogen-bond acceptors (Lipinski definition) is 11. The van der Waals surface area contributed by atoms with Crippen LogP contribution in [0.3, 0.4) is 0 Å². The van der Waals surface area contributed by atoms with Crippen LogP contribution in [-0.2, 0) is 40.0 Å². The number of likely N-dealkylation sites (tertiary alicyclic amines) is 1. The predicted octanol–water partition coefficient (Wildman–Crippen LogP) is -3.75. The molecule has 1 aliphatic heterocycles. The molecular weight excluding hydrogens is 746 g/mol. The smallest absolute Gasteiger partial charge is 0.326 e. The molecule has 1 fully saturated rings. The molecule has 0 aliphatic carbocycles. The van der Waals surface area contributed by atoms with Gasteiger partial charge in [0.1, 0.15) is 30.2 Å². The van der Waals surface area contributed by atoms with E-state index in [9.17, 15) is 48.9 Å². The molecule has 6 amide bonds. The molecule has 21 nitrogen and oxygen atoms in total. The lowest BCUT2D eigenvalue weighted by atomic mass is 10.0. The predicted molar refractivity (Wildman–Crippen MR) is 207 cm³/mol. The number of hydrogen-bond donors (Lipinski definition) is 12. The second kappa shape index (κ2) is 21.5. The number of amides is 6. The van der Waals surface area contributed by atoms with Gasteiger partial charge in [-0.2, -0.15) is 0 Å². The molecular formula is C36H55N11O10. The molecule has 1 saturated heterocycles. The summed E-state index contributed by atoms with van der Waals surface area (Å²) in [4.78, 5) is 99.1. The summed E-state index contributed by atoms with van der Waals surface area (Å²) in [6, 6.07) is -0.451. The summed E-state index contributed by atoms with van der Waals surface area (Å²) in [5.74, 6) is -6.90. The normalized spacial score (nSPS) is 17.0. The molecule has 0 unspecified atom stereocenters. The van der Waals surface area contributed by atoms with Crippen LogP contribution in [0.1, 0.15) is 52.0 Å². The van der Waals surface area contributed by atoms with Gasteiger partial charge < -0.3 is 69.0 Å². The zero-order valence-corrected chi connectivity index (χ0v) is 32.2. The molecule has 1 aromatic carbocycles. The van der Waals surface area contributed by atoms with Crippen molar-refractivity contribution < 1.29 is 48.9 Å². The van der Waals surface area contributed by atoms with Crippen molar-refractivity contribution in [3.05, 3.63) is 36.0 Å². The Balaban J connectivity index is 1.64. The summed E-state index contributed by atoms with van der Waals surface area (Å²) in [6.07, 6.45) is 1.18. The highest BCUT2D eigenvalue weighted by Gasteiger charge is 2.40. The Morgan fingerprint density at radius 1 is 0.930 bits per heavy atom. The summed E-state index contributed by atoms with van der Waals surface area (Å²) in [5, 5.41) is 42.9. The van der Waals surface area contributed by atoms with Crippen molar-refractivity contribution in [2.24, 2.45) is 28.1 Å². The van der Waals surface area contributed by atoms with Crippen LogP contribution >= 0.6 is 0 Å². The number of benzene rings is 1. The summed E-state index contributed by atoms with van der Waals surface area (Å²) in [6.45, 7) is 3.22. The van der Waals surface area contributed by atoms with Gasteiger partial charge in [-0.05, 0) is 56.6 Å². The van der Waals surface area contributed by atoms with E-state index in [1.165, 1.54) is 11.8 Å². The fourth-order valence-electron chi connectivity index (χ4n) is 6.29. The maximum absolute atomic E-state index is 13.7. The van der Waals surface area contributed by atoms with E-state index >= 15 is 0 Å². The Labute approximate surface area is 328 Å². The van der Waals surface area contributed by atoms with Crippen molar-refractivity contribution in [2.75, 3.05) is 26.2 Å². The lowest BCUT2D eigenvalue weighted by molar-refractivity contribution is -0.150. The van der Waals surface area contributed by atoms with E-state index in [2.05, 4.69) is 36.6 Å². The van der Waals surface area contributed by atoms with Crippen molar-refractivity contribution in [1.82, 2.24) is 36.5 Å². The number of nitrogens with zero attached hydrogens (tertiary/aromatic N) is 2. The minimum Gasteiger partial charge on any atom is -0.480 e. The molecule has 0 spiro atoms. The third kappa shape index (κ3) is 13.1. The molecule has 1 aromatic heterocycles. The number of aliphatic hydroxyl groups is 2. The van der Waals surface area contributed by atoms with Crippen molar-refractivity contribution in [3.63, 3.8) is 0 Å². The Bertz CT molecular complexity index is 1780. The number of H-pyrrole nitrogens is 1. The Morgan fingerprint density at radius 3 is 2.23 bits per heavy atom. The number of carbonyl (C=O) groups is 7. The quantitative estimate of drug-likeness (QED) is 0.0328. The van der Waals surface area contributed by atoms with Crippen molar-refractivity contribution in [2.45, 2.75) is 95.2 Å². The van der Waals surface area contributed by atoms with Gasteiger partial charge in [-0.3, -0.25) is 33.8 Å². The van der Waals surface area contributed by atoms with Crippen molar-refractivity contribution in [1.29, 1.82) is 0 Å². The van der Waals surface area contributed by atoms with Crippen LogP contribution in [0.25, 0.3) is 10.9 Å². The topological polar surface area (TPSA) is 350 Å². The molecule has 1 aliphatic rings. The van der Waals surface area contributed by atoms with Crippen LogP contribution in [-0.4, -0.2) is 141 Å². The molecule has 3 rings (SSSR count). The lowest BCUT2D eigenvalue weighted by Crippen LogP contribution is -2.62. The van der Waals surface area contributed by atoms with E-state index in [4.69, 9.17) is 17.2 Å². The number of fused-ring (bicyclic) bond motifs is 1. The van der Waals surface area contributed by atoms with E-state index in [1.807, 2.05) is 24.3 Å². The van der Waals surface area contributed by atoms with Crippen molar-refractivity contribution in [3.8, 4) is 0 Å². The van der Waals surface area contributed by atoms with E-state index in [0.29, 0.717) is 6.42 Å². The molecule has 2 aromatic rings. The first kappa shape index (κ1) is 45.6.